The lowest BCUT2D eigenvalue weighted by molar-refractivity contribution is -0.384. The first-order valence-electron chi connectivity index (χ1n) is 9.53. The number of nitro groups is 1. The molecule has 10 heteroatoms. The molecule has 0 radical (unpaired) electrons. The number of nitro benzene ring substituents is 1. The molecule has 168 valence electrons. The molecule has 0 atom stereocenters. The van der Waals surface area contributed by atoms with E-state index in [9.17, 15) is 19.7 Å². The van der Waals surface area contributed by atoms with Gasteiger partial charge in [0, 0.05) is 17.7 Å². The van der Waals surface area contributed by atoms with Crippen molar-refractivity contribution in [2.24, 2.45) is 5.10 Å². The van der Waals surface area contributed by atoms with Crippen LogP contribution in [0.2, 0.25) is 0 Å². The minimum atomic E-state index is -0.562. The summed E-state index contributed by atoms with van der Waals surface area (Å²) in [6.07, 6.45) is 1.41. The number of benzene rings is 3. The van der Waals surface area contributed by atoms with Crippen molar-refractivity contribution < 1.29 is 28.7 Å². The molecule has 10 nitrogen and oxygen atoms in total. The van der Waals surface area contributed by atoms with E-state index in [-0.39, 0.29) is 11.3 Å². The molecule has 0 aliphatic carbocycles. The van der Waals surface area contributed by atoms with Crippen LogP contribution in [0, 0.1) is 10.1 Å². The number of non-ortho nitro benzene ring substituents is 1. The summed E-state index contributed by atoms with van der Waals surface area (Å²) in [5, 5.41) is 14.5. The largest absolute Gasteiger partial charge is 0.493 e. The Hall–Kier alpha value is -4.73. The zero-order valence-corrected chi connectivity index (χ0v) is 17.7. The number of amides is 1. The minimum Gasteiger partial charge on any atom is -0.493 e. The van der Waals surface area contributed by atoms with E-state index in [0.29, 0.717) is 28.4 Å². The fraction of sp³-hybridized carbons (Fsp3) is 0.0870. The lowest BCUT2D eigenvalue weighted by atomic mass is 10.2. The molecule has 1 amide bonds. The third-order valence-corrected chi connectivity index (χ3v) is 4.43. The average molecular weight is 449 g/mol. The molecule has 0 heterocycles. The lowest BCUT2D eigenvalue weighted by Crippen LogP contribution is -2.17. The predicted molar refractivity (Wildman–Crippen MR) is 119 cm³/mol. The van der Waals surface area contributed by atoms with Gasteiger partial charge in [-0.1, -0.05) is 0 Å². The van der Waals surface area contributed by atoms with Gasteiger partial charge in [0.15, 0.2) is 11.5 Å². The molecule has 0 spiro atoms. The van der Waals surface area contributed by atoms with Crippen LogP contribution in [0.1, 0.15) is 26.3 Å². The van der Waals surface area contributed by atoms with Gasteiger partial charge in [-0.3, -0.25) is 14.9 Å². The maximum atomic E-state index is 12.4. The Bertz CT molecular complexity index is 1190. The van der Waals surface area contributed by atoms with Gasteiger partial charge in [0.25, 0.3) is 11.6 Å². The van der Waals surface area contributed by atoms with Crippen molar-refractivity contribution in [2.75, 3.05) is 14.2 Å². The fourth-order valence-corrected chi connectivity index (χ4v) is 2.72. The number of rotatable bonds is 8. The summed E-state index contributed by atoms with van der Waals surface area (Å²) in [5.41, 5.74) is 3.40. The maximum Gasteiger partial charge on any atom is 0.343 e. The van der Waals surface area contributed by atoms with Gasteiger partial charge in [-0.25, -0.2) is 10.2 Å². The van der Waals surface area contributed by atoms with E-state index in [4.69, 9.17) is 14.2 Å². The molecule has 1 N–H and O–H groups in total. The monoisotopic (exact) mass is 449 g/mol. The number of hydrogen-bond donors (Lipinski definition) is 1. The first-order valence-corrected chi connectivity index (χ1v) is 9.53. The Kier molecular flexibility index (Phi) is 7.32. The molecular formula is C23H19N3O7. The number of hydrazone groups is 1. The van der Waals surface area contributed by atoms with Crippen molar-refractivity contribution in [3.63, 3.8) is 0 Å². The van der Waals surface area contributed by atoms with Crippen molar-refractivity contribution >= 4 is 23.8 Å². The molecule has 3 rings (SSSR count). The van der Waals surface area contributed by atoms with Crippen LogP contribution < -0.4 is 19.6 Å². The van der Waals surface area contributed by atoms with E-state index in [0.717, 1.165) is 0 Å². The number of carbonyl (C=O) groups is 2. The van der Waals surface area contributed by atoms with Crippen LogP contribution in [-0.2, 0) is 0 Å². The second-order valence-electron chi connectivity index (χ2n) is 6.53. The fourth-order valence-electron chi connectivity index (χ4n) is 2.72. The second kappa shape index (κ2) is 10.5. The molecule has 3 aromatic rings. The van der Waals surface area contributed by atoms with E-state index in [1.807, 2.05) is 0 Å². The summed E-state index contributed by atoms with van der Waals surface area (Å²) in [5.74, 6) is 0.156. The maximum absolute atomic E-state index is 12.4. The number of hydrogen-bond acceptors (Lipinski definition) is 8. The van der Waals surface area contributed by atoms with Crippen LogP contribution >= 0.6 is 0 Å². The van der Waals surface area contributed by atoms with Gasteiger partial charge in [-0.2, -0.15) is 5.10 Å². The van der Waals surface area contributed by atoms with Crippen molar-refractivity contribution in [2.45, 2.75) is 0 Å². The van der Waals surface area contributed by atoms with Crippen LogP contribution in [-0.4, -0.2) is 37.2 Å². The number of carbonyl (C=O) groups excluding carboxylic acids is 2. The Balaban J connectivity index is 1.57. The zero-order valence-electron chi connectivity index (χ0n) is 17.7. The highest BCUT2D eigenvalue weighted by Crippen LogP contribution is 2.28. The quantitative estimate of drug-likeness (QED) is 0.183. The van der Waals surface area contributed by atoms with Gasteiger partial charge in [-0.15, -0.1) is 0 Å². The molecule has 0 aliphatic rings. The molecular weight excluding hydrogens is 430 g/mol. The van der Waals surface area contributed by atoms with Gasteiger partial charge in [0.05, 0.1) is 30.9 Å². The third-order valence-electron chi connectivity index (χ3n) is 4.43. The van der Waals surface area contributed by atoms with Crippen molar-refractivity contribution in [3.8, 4) is 17.2 Å². The Morgan fingerprint density at radius 2 is 1.55 bits per heavy atom. The number of esters is 1. The van der Waals surface area contributed by atoms with Crippen molar-refractivity contribution in [1.82, 2.24) is 5.43 Å². The van der Waals surface area contributed by atoms with Crippen molar-refractivity contribution in [3.05, 3.63) is 93.5 Å². The summed E-state index contributed by atoms with van der Waals surface area (Å²) in [6, 6.07) is 16.3. The molecule has 0 aromatic heterocycles. The van der Waals surface area contributed by atoms with Crippen LogP contribution in [0.25, 0.3) is 0 Å². The SMILES string of the molecule is COc1ccc(C(=O)Oc2ccc(C=NNC(=O)c3ccc([N+](=O)[O-])cc3)cc2)cc1OC. The van der Waals surface area contributed by atoms with E-state index >= 15 is 0 Å². The van der Waals surface area contributed by atoms with E-state index in [1.54, 1.807) is 36.4 Å². The van der Waals surface area contributed by atoms with Crippen molar-refractivity contribution in [1.29, 1.82) is 0 Å². The topological polar surface area (TPSA) is 129 Å². The van der Waals surface area contributed by atoms with Gasteiger partial charge in [-0.05, 0) is 60.2 Å². The Labute approximate surface area is 188 Å². The summed E-state index contributed by atoms with van der Waals surface area (Å²) >= 11 is 0. The van der Waals surface area contributed by atoms with Gasteiger partial charge < -0.3 is 14.2 Å². The molecule has 0 unspecified atom stereocenters. The highest BCUT2D eigenvalue weighted by Gasteiger charge is 2.13. The number of nitrogens with one attached hydrogen (secondary N) is 1. The van der Waals surface area contributed by atoms with Gasteiger partial charge in [0.2, 0.25) is 0 Å². The predicted octanol–water partition coefficient (Wildman–Crippen LogP) is 3.60. The van der Waals surface area contributed by atoms with Gasteiger partial charge in [0.1, 0.15) is 5.75 Å². The first kappa shape index (κ1) is 22.9. The minimum absolute atomic E-state index is 0.109. The van der Waals surface area contributed by atoms with Crippen LogP contribution in [0.15, 0.2) is 71.8 Å². The number of ether oxygens (including phenoxy) is 3. The standard InChI is InChI=1S/C23H19N3O7/c1-31-20-12-7-17(13-21(20)32-2)23(28)33-19-10-3-15(4-11-19)14-24-25-22(27)16-5-8-18(9-6-16)26(29)30/h3-14H,1-2H3,(H,25,27). The van der Waals surface area contributed by atoms with E-state index in [2.05, 4.69) is 10.5 Å². The summed E-state index contributed by atoms with van der Waals surface area (Å²) in [4.78, 5) is 34.5. The average Bonchev–Trinajstić information content (AvgIpc) is 2.84. The second-order valence-corrected chi connectivity index (χ2v) is 6.53. The van der Waals surface area contributed by atoms with Crippen LogP contribution in [0.5, 0.6) is 17.2 Å². The van der Waals surface area contributed by atoms with E-state index < -0.39 is 16.8 Å². The molecule has 0 fully saturated rings. The highest BCUT2D eigenvalue weighted by molar-refractivity contribution is 5.95. The summed E-state index contributed by atoms with van der Waals surface area (Å²) < 4.78 is 15.7. The molecule has 0 aliphatic heterocycles. The lowest BCUT2D eigenvalue weighted by Gasteiger charge is -2.09. The third kappa shape index (κ3) is 5.91. The molecule has 0 saturated heterocycles. The summed E-state index contributed by atoms with van der Waals surface area (Å²) in [6.45, 7) is 0. The van der Waals surface area contributed by atoms with E-state index in [1.165, 1.54) is 50.8 Å². The highest BCUT2D eigenvalue weighted by atomic mass is 16.6. The summed E-state index contributed by atoms with van der Waals surface area (Å²) in [7, 11) is 2.98. The molecule has 0 bridgehead atoms. The van der Waals surface area contributed by atoms with Gasteiger partial charge >= 0.3 is 5.97 Å². The Morgan fingerprint density at radius 3 is 2.15 bits per heavy atom. The Morgan fingerprint density at radius 1 is 0.909 bits per heavy atom. The molecule has 33 heavy (non-hydrogen) atoms. The molecule has 3 aromatic carbocycles. The normalized spacial score (nSPS) is 10.5. The smallest absolute Gasteiger partial charge is 0.343 e. The van der Waals surface area contributed by atoms with Crippen LogP contribution in [0.3, 0.4) is 0 Å². The van der Waals surface area contributed by atoms with Crippen LogP contribution in [0.4, 0.5) is 5.69 Å². The zero-order chi connectivity index (χ0) is 23.8. The first-order chi connectivity index (χ1) is 15.9. The number of methoxy groups -OCH3 is 2. The molecule has 0 saturated carbocycles. The number of nitrogens with zero attached hydrogens (tertiary/aromatic N) is 2.